The lowest BCUT2D eigenvalue weighted by atomic mass is 9.84. The number of rotatable bonds is 6. The number of benzene rings is 2. The van der Waals surface area contributed by atoms with Crippen molar-refractivity contribution in [2.24, 2.45) is 5.41 Å². The molecule has 4 nitrogen and oxygen atoms in total. The van der Waals surface area contributed by atoms with Crippen LogP contribution in [-0.4, -0.2) is 52.6 Å². The van der Waals surface area contributed by atoms with Gasteiger partial charge in [0.05, 0.1) is 6.04 Å². The van der Waals surface area contributed by atoms with E-state index >= 15 is 0 Å². The summed E-state index contributed by atoms with van der Waals surface area (Å²) < 4.78 is 0. The maximum Gasteiger partial charge on any atom is 0.321 e. The third kappa shape index (κ3) is 5.21. The molecule has 0 spiro atoms. The van der Waals surface area contributed by atoms with E-state index in [2.05, 4.69) is 88.8 Å². The number of piperazine rings is 1. The smallest absolute Gasteiger partial charge is 0.321 e. The van der Waals surface area contributed by atoms with E-state index in [1.165, 1.54) is 21.6 Å². The molecule has 33 heavy (non-hydrogen) atoms. The summed E-state index contributed by atoms with van der Waals surface area (Å²) in [6.07, 6.45) is 0. The lowest BCUT2D eigenvalue weighted by Gasteiger charge is -2.48. The Balaban J connectivity index is 1.65. The standard InChI is InChI=1S/C28H34N2O2S/c1-20-19-29(15-16-30(20)26(27(31)32)28(2,3)4)25(21-10-6-5-7-11-21)23-13-8-12-22(18-23)24-14-9-17-33-24/h5-14,17-18,20,25-26H,15-16,19H2,1-4H3,(H,31,32)/t20-,25?,26?/m1/s1. The van der Waals surface area contributed by atoms with Crippen molar-refractivity contribution >= 4 is 17.3 Å². The number of carboxylic acids is 1. The summed E-state index contributed by atoms with van der Waals surface area (Å²) in [7, 11) is 0. The molecule has 1 aliphatic rings. The third-order valence-corrected chi connectivity index (χ3v) is 7.50. The quantitative estimate of drug-likeness (QED) is 0.487. The summed E-state index contributed by atoms with van der Waals surface area (Å²) in [5, 5.41) is 12.1. The molecule has 5 heteroatoms. The van der Waals surface area contributed by atoms with Gasteiger partial charge in [-0.05, 0) is 46.5 Å². The summed E-state index contributed by atoms with van der Waals surface area (Å²) >= 11 is 1.76. The summed E-state index contributed by atoms with van der Waals surface area (Å²) in [6.45, 7) is 10.6. The van der Waals surface area contributed by atoms with Crippen molar-refractivity contribution in [1.29, 1.82) is 0 Å². The predicted molar refractivity (Wildman–Crippen MR) is 137 cm³/mol. The molecular weight excluding hydrogens is 428 g/mol. The van der Waals surface area contributed by atoms with Crippen molar-refractivity contribution in [3.63, 3.8) is 0 Å². The Hall–Kier alpha value is -2.47. The van der Waals surface area contributed by atoms with E-state index in [0.29, 0.717) is 0 Å². The number of hydrogen-bond donors (Lipinski definition) is 1. The molecule has 2 aromatic carbocycles. The van der Waals surface area contributed by atoms with Gasteiger partial charge in [0.1, 0.15) is 6.04 Å². The highest BCUT2D eigenvalue weighted by Crippen LogP contribution is 2.35. The van der Waals surface area contributed by atoms with Crippen LogP contribution in [0.3, 0.4) is 0 Å². The van der Waals surface area contributed by atoms with Crippen LogP contribution in [0, 0.1) is 5.41 Å². The van der Waals surface area contributed by atoms with Gasteiger partial charge in [-0.3, -0.25) is 14.6 Å². The number of carbonyl (C=O) groups is 1. The molecule has 1 saturated heterocycles. The maximum atomic E-state index is 12.1. The second-order valence-corrected chi connectivity index (χ2v) is 11.1. The van der Waals surface area contributed by atoms with Gasteiger partial charge in [-0.15, -0.1) is 11.3 Å². The van der Waals surface area contributed by atoms with Crippen molar-refractivity contribution in [3.8, 4) is 10.4 Å². The fourth-order valence-corrected chi connectivity index (χ4v) is 5.91. The maximum absolute atomic E-state index is 12.1. The second kappa shape index (κ2) is 9.80. The van der Waals surface area contributed by atoms with Gasteiger partial charge in [0.15, 0.2) is 0 Å². The van der Waals surface area contributed by atoms with Crippen LogP contribution in [-0.2, 0) is 4.79 Å². The minimum absolute atomic E-state index is 0.133. The monoisotopic (exact) mass is 462 g/mol. The van der Waals surface area contributed by atoms with Crippen LogP contribution in [0.15, 0.2) is 72.1 Å². The molecule has 0 radical (unpaired) electrons. The van der Waals surface area contributed by atoms with Gasteiger partial charge in [0, 0.05) is 30.6 Å². The Morgan fingerprint density at radius 3 is 2.33 bits per heavy atom. The Kier molecular flexibility index (Phi) is 7.03. The first-order chi connectivity index (χ1) is 15.8. The van der Waals surface area contributed by atoms with Gasteiger partial charge in [0.2, 0.25) is 0 Å². The molecular formula is C28H34N2O2S. The highest BCUT2D eigenvalue weighted by Gasteiger charge is 2.41. The topological polar surface area (TPSA) is 43.8 Å². The Morgan fingerprint density at radius 2 is 1.73 bits per heavy atom. The Morgan fingerprint density at radius 1 is 1.00 bits per heavy atom. The minimum atomic E-state index is -0.731. The average Bonchev–Trinajstić information content (AvgIpc) is 3.31. The van der Waals surface area contributed by atoms with E-state index < -0.39 is 12.0 Å². The Labute approximate surface area is 201 Å². The molecule has 2 heterocycles. The fraction of sp³-hybridized carbons (Fsp3) is 0.393. The molecule has 174 valence electrons. The number of nitrogens with zero attached hydrogens (tertiary/aromatic N) is 2. The fourth-order valence-electron chi connectivity index (χ4n) is 5.18. The SMILES string of the molecule is C[C@@H]1CN(C(c2ccccc2)c2cccc(-c3cccs3)c2)CCN1C(C(=O)O)C(C)(C)C. The van der Waals surface area contributed by atoms with Gasteiger partial charge in [-0.25, -0.2) is 0 Å². The van der Waals surface area contributed by atoms with Gasteiger partial charge < -0.3 is 5.11 Å². The van der Waals surface area contributed by atoms with Crippen molar-refractivity contribution in [1.82, 2.24) is 9.80 Å². The van der Waals surface area contributed by atoms with E-state index in [1.807, 2.05) is 20.8 Å². The molecule has 2 unspecified atom stereocenters. The van der Waals surface area contributed by atoms with Gasteiger partial charge in [-0.2, -0.15) is 0 Å². The van der Waals surface area contributed by atoms with Crippen LogP contribution in [0.1, 0.15) is 44.9 Å². The largest absolute Gasteiger partial charge is 0.480 e. The molecule has 0 bridgehead atoms. The highest BCUT2D eigenvalue weighted by molar-refractivity contribution is 7.13. The molecule has 1 aliphatic heterocycles. The molecule has 0 aliphatic carbocycles. The van der Waals surface area contributed by atoms with E-state index in [0.717, 1.165) is 19.6 Å². The average molecular weight is 463 g/mol. The summed E-state index contributed by atoms with van der Waals surface area (Å²) in [6, 6.07) is 23.6. The lowest BCUT2D eigenvalue weighted by Crippen LogP contribution is -2.61. The molecule has 3 atom stereocenters. The zero-order chi connectivity index (χ0) is 23.6. The van der Waals surface area contributed by atoms with Crippen LogP contribution in [0.2, 0.25) is 0 Å². The van der Waals surface area contributed by atoms with E-state index in [4.69, 9.17) is 0 Å². The van der Waals surface area contributed by atoms with Crippen molar-refractivity contribution in [3.05, 3.63) is 83.2 Å². The number of carboxylic acid groups (broad SMARTS) is 1. The number of thiophene rings is 1. The second-order valence-electron chi connectivity index (χ2n) is 10.1. The molecule has 1 fully saturated rings. The molecule has 1 aromatic heterocycles. The highest BCUT2D eigenvalue weighted by atomic mass is 32.1. The number of hydrogen-bond acceptors (Lipinski definition) is 4. The van der Waals surface area contributed by atoms with Crippen LogP contribution in [0.25, 0.3) is 10.4 Å². The number of aliphatic carboxylic acids is 1. The predicted octanol–water partition coefficient (Wildman–Crippen LogP) is 6.01. The zero-order valence-corrected chi connectivity index (χ0v) is 20.8. The van der Waals surface area contributed by atoms with Crippen molar-refractivity contribution in [2.75, 3.05) is 19.6 Å². The van der Waals surface area contributed by atoms with E-state index in [9.17, 15) is 9.90 Å². The third-order valence-electron chi connectivity index (χ3n) is 6.58. The van der Waals surface area contributed by atoms with Gasteiger partial charge in [0.25, 0.3) is 0 Å². The molecule has 0 amide bonds. The lowest BCUT2D eigenvalue weighted by molar-refractivity contribution is -0.150. The molecule has 1 N–H and O–H groups in total. The van der Waals surface area contributed by atoms with Crippen LogP contribution in [0.4, 0.5) is 0 Å². The zero-order valence-electron chi connectivity index (χ0n) is 19.9. The summed E-state index contributed by atoms with van der Waals surface area (Å²) in [5.41, 5.74) is 3.47. The first kappa shape index (κ1) is 23.7. The molecule has 0 saturated carbocycles. The van der Waals surface area contributed by atoms with Gasteiger partial charge in [-0.1, -0.05) is 75.4 Å². The first-order valence-corrected chi connectivity index (χ1v) is 12.5. The van der Waals surface area contributed by atoms with Crippen LogP contribution in [0.5, 0.6) is 0 Å². The van der Waals surface area contributed by atoms with Crippen LogP contribution < -0.4 is 0 Å². The summed E-state index contributed by atoms with van der Waals surface area (Å²) in [4.78, 5) is 18.1. The Bertz CT molecular complexity index is 1060. The first-order valence-electron chi connectivity index (χ1n) is 11.7. The molecule has 4 rings (SSSR count). The summed E-state index contributed by atoms with van der Waals surface area (Å²) in [5.74, 6) is -0.731. The van der Waals surface area contributed by atoms with Gasteiger partial charge >= 0.3 is 5.97 Å². The minimum Gasteiger partial charge on any atom is -0.480 e. The normalized spacial score (nSPS) is 19.8. The van der Waals surface area contributed by atoms with Crippen molar-refractivity contribution in [2.45, 2.75) is 45.8 Å². The van der Waals surface area contributed by atoms with Crippen molar-refractivity contribution < 1.29 is 9.90 Å². The van der Waals surface area contributed by atoms with E-state index in [-0.39, 0.29) is 17.5 Å². The van der Waals surface area contributed by atoms with Crippen LogP contribution >= 0.6 is 11.3 Å². The molecule has 3 aromatic rings. The van der Waals surface area contributed by atoms with E-state index in [1.54, 1.807) is 11.3 Å².